The SMILES string of the molecule is c1ccc(-c2ccc(-c3c4ccccc4c(-c4ccc(-c5ccc6c(c5)oc5cc7ccccc7cc56)nc4)c4ccccc34)cc2)cc1. The Morgan fingerprint density at radius 2 is 0.837 bits per heavy atom. The predicted octanol–water partition coefficient (Wildman–Crippen LogP) is 13.1. The molecule has 0 bridgehead atoms. The second-order valence-corrected chi connectivity index (χ2v) is 12.7. The Morgan fingerprint density at radius 1 is 0.327 bits per heavy atom. The Bertz CT molecular complexity index is 2790. The van der Waals surface area contributed by atoms with Gasteiger partial charge in [-0.2, -0.15) is 0 Å². The number of furan rings is 1. The lowest BCUT2D eigenvalue weighted by Gasteiger charge is -2.18. The van der Waals surface area contributed by atoms with E-state index in [0.717, 1.165) is 38.8 Å². The first-order valence-electron chi connectivity index (χ1n) is 16.7. The lowest BCUT2D eigenvalue weighted by atomic mass is 9.86. The van der Waals surface area contributed by atoms with Gasteiger partial charge in [-0.3, -0.25) is 4.98 Å². The first-order chi connectivity index (χ1) is 24.3. The van der Waals surface area contributed by atoms with Gasteiger partial charge < -0.3 is 4.42 Å². The molecule has 10 aromatic rings. The Balaban J connectivity index is 1.08. The van der Waals surface area contributed by atoms with Gasteiger partial charge in [0.15, 0.2) is 0 Å². The molecule has 0 aliphatic rings. The Morgan fingerprint density at radius 3 is 1.49 bits per heavy atom. The lowest BCUT2D eigenvalue weighted by molar-refractivity contribution is 0.669. The summed E-state index contributed by atoms with van der Waals surface area (Å²) in [6.07, 6.45) is 2.02. The van der Waals surface area contributed by atoms with Crippen molar-refractivity contribution in [1.82, 2.24) is 4.98 Å². The minimum atomic E-state index is 0.873. The standard InChI is InChI=1S/C47H29NO/c1-2-10-30(11-3-1)31-18-20-32(21-19-31)46-38-14-6-8-16-40(38)47(41-17-9-7-15-39(41)46)36-23-25-43(48-29-36)35-22-24-37-42-26-33-12-4-5-13-34(33)27-45(42)49-44(37)28-35/h1-29H. The largest absolute Gasteiger partial charge is 0.456 e. The highest BCUT2D eigenvalue weighted by molar-refractivity contribution is 6.21. The maximum absolute atomic E-state index is 6.36. The monoisotopic (exact) mass is 623 g/mol. The molecule has 0 aliphatic carbocycles. The van der Waals surface area contributed by atoms with E-state index in [2.05, 4.69) is 170 Å². The predicted molar refractivity (Wildman–Crippen MR) is 206 cm³/mol. The fourth-order valence-corrected chi connectivity index (χ4v) is 7.54. The Labute approximate surface area is 283 Å². The van der Waals surface area contributed by atoms with Crippen LogP contribution in [0.5, 0.6) is 0 Å². The summed E-state index contributed by atoms with van der Waals surface area (Å²) in [6.45, 7) is 0. The van der Waals surface area contributed by atoms with E-state index in [1.807, 2.05) is 6.20 Å². The molecule has 0 spiro atoms. The van der Waals surface area contributed by atoms with E-state index in [4.69, 9.17) is 9.40 Å². The number of aromatic nitrogens is 1. The van der Waals surface area contributed by atoms with Crippen molar-refractivity contribution < 1.29 is 4.42 Å². The smallest absolute Gasteiger partial charge is 0.136 e. The number of nitrogens with zero attached hydrogens (tertiary/aromatic N) is 1. The first-order valence-corrected chi connectivity index (χ1v) is 16.7. The molecule has 0 saturated heterocycles. The number of fused-ring (bicyclic) bond motifs is 6. The Hall–Kier alpha value is -6.51. The molecule has 0 N–H and O–H groups in total. The molecule has 0 atom stereocenters. The van der Waals surface area contributed by atoms with Crippen LogP contribution in [0.2, 0.25) is 0 Å². The lowest BCUT2D eigenvalue weighted by Crippen LogP contribution is -1.92. The van der Waals surface area contributed by atoms with Crippen LogP contribution in [0.4, 0.5) is 0 Å². The highest BCUT2D eigenvalue weighted by Crippen LogP contribution is 2.44. The quantitative estimate of drug-likeness (QED) is 0.182. The molecule has 228 valence electrons. The third kappa shape index (κ3) is 4.53. The van der Waals surface area contributed by atoms with E-state index < -0.39 is 0 Å². The third-order valence-electron chi connectivity index (χ3n) is 9.90. The molecule has 2 heterocycles. The van der Waals surface area contributed by atoms with Crippen molar-refractivity contribution in [2.45, 2.75) is 0 Å². The van der Waals surface area contributed by atoms with E-state index in [1.54, 1.807) is 0 Å². The normalized spacial score (nSPS) is 11.7. The summed E-state index contributed by atoms with van der Waals surface area (Å²) >= 11 is 0. The summed E-state index contributed by atoms with van der Waals surface area (Å²) in [6, 6.07) is 60.6. The van der Waals surface area contributed by atoms with Gasteiger partial charge in [-0.05, 0) is 90.5 Å². The van der Waals surface area contributed by atoms with Crippen molar-refractivity contribution in [3.63, 3.8) is 0 Å². The molecular weight excluding hydrogens is 595 g/mol. The van der Waals surface area contributed by atoms with E-state index in [1.165, 1.54) is 60.1 Å². The van der Waals surface area contributed by atoms with E-state index in [9.17, 15) is 0 Å². The van der Waals surface area contributed by atoms with Crippen LogP contribution in [0.1, 0.15) is 0 Å². The molecular formula is C47H29NO. The van der Waals surface area contributed by atoms with Gasteiger partial charge in [0.05, 0.1) is 5.69 Å². The van der Waals surface area contributed by atoms with Gasteiger partial charge in [0.2, 0.25) is 0 Å². The van der Waals surface area contributed by atoms with Crippen molar-refractivity contribution in [3.05, 3.63) is 176 Å². The molecule has 0 saturated carbocycles. The topological polar surface area (TPSA) is 26.0 Å². The molecule has 8 aromatic carbocycles. The summed E-state index contributed by atoms with van der Waals surface area (Å²) in [5.41, 5.74) is 10.9. The minimum absolute atomic E-state index is 0.873. The van der Waals surface area contributed by atoms with Crippen molar-refractivity contribution in [2.75, 3.05) is 0 Å². The maximum Gasteiger partial charge on any atom is 0.136 e. The molecule has 2 nitrogen and oxygen atoms in total. The van der Waals surface area contributed by atoms with E-state index in [0.29, 0.717) is 0 Å². The zero-order chi connectivity index (χ0) is 32.3. The van der Waals surface area contributed by atoms with Gasteiger partial charge in [0.25, 0.3) is 0 Å². The van der Waals surface area contributed by atoms with Gasteiger partial charge in [-0.1, -0.05) is 140 Å². The fraction of sp³-hybridized carbons (Fsp3) is 0. The van der Waals surface area contributed by atoms with Crippen molar-refractivity contribution in [1.29, 1.82) is 0 Å². The van der Waals surface area contributed by atoms with Crippen LogP contribution in [-0.4, -0.2) is 4.98 Å². The summed E-state index contributed by atoms with van der Waals surface area (Å²) in [7, 11) is 0. The van der Waals surface area contributed by atoms with Crippen LogP contribution in [0, 0.1) is 0 Å². The third-order valence-corrected chi connectivity index (χ3v) is 9.90. The van der Waals surface area contributed by atoms with Crippen LogP contribution in [0.3, 0.4) is 0 Å². The molecule has 49 heavy (non-hydrogen) atoms. The first kappa shape index (κ1) is 27.6. The van der Waals surface area contributed by atoms with Crippen LogP contribution in [0.25, 0.3) is 98.9 Å². The van der Waals surface area contributed by atoms with Crippen LogP contribution in [0.15, 0.2) is 180 Å². The van der Waals surface area contributed by atoms with Gasteiger partial charge in [-0.25, -0.2) is 0 Å². The molecule has 2 heteroatoms. The zero-order valence-electron chi connectivity index (χ0n) is 26.6. The molecule has 10 rings (SSSR count). The van der Waals surface area contributed by atoms with Gasteiger partial charge >= 0.3 is 0 Å². The molecule has 0 fully saturated rings. The minimum Gasteiger partial charge on any atom is -0.456 e. The maximum atomic E-state index is 6.36. The summed E-state index contributed by atoms with van der Waals surface area (Å²) in [5, 5.41) is 9.55. The number of benzene rings is 8. The summed E-state index contributed by atoms with van der Waals surface area (Å²) < 4.78 is 6.36. The second kappa shape index (κ2) is 11.0. The number of hydrogen-bond acceptors (Lipinski definition) is 2. The average molecular weight is 624 g/mol. The van der Waals surface area contributed by atoms with Gasteiger partial charge in [0, 0.05) is 28.1 Å². The van der Waals surface area contributed by atoms with E-state index in [-0.39, 0.29) is 0 Å². The van der Waals surface area contributed by atoms with Crippen LogP contribution in [-0.2, 0) is 0 Å². The van der Waals surface area contributed by atoms with Crippen LogP contribution >= 0.6 is 0 Å². The van der Waals surface area contributed by atoms with E-state index >= 15 is 0 Å². The van der Waals surface area contributed by atoms with Gasteiger partial charge in [0.1, 0.15) is 11.2 Å². The Kier molecular flexibility index (Phi) is 6.22. The summed E-state index contributed by atoms with van der Waals surface area (Å²) in [4.78, 5) is 5.02. The van der Waals surface area contributed by atoms with Crippen LogP contribution < -0.4 is 0 Å². The number of rotatable bonds is 4. The molecule has 2 aromatic heterocycles. The molecule has 0 amide bonds. The molecule has 0 unspecified atom stereocenters. The molecule has 0 aliphatic heterocycles. The highest BCUT2D eigenvalue weighted by Gasteiger charge is 2.17. The number of pyridine rings is 1. The highest BCUT2D eigenvalue weighted by atomic mass is 16.3. The molecule has 0 radical (unpaired) electrons. The van der Waals surface area contributed by atoms with Crippen molar-refractivity contribution in [3.8, 4) is 44.6 Å². The fourth-order valence-electron chi connectivity index (χ4n) is 7.54. The van der Waals surface area contributed by atoms with Crippen molar-refractivity contribution >= 4 is 54.3 Å². The number of hydrogen-bond donors (Lipinski definition) is 0. The average Bonchev–Trinajstić information content (AvgIpc) is 3.53. The van der Waals surface area contributed by atoms with Crippen molar-refractivity contribution in [2.24, 2.45) is 0 Å². The summed E-state index contributed by atoms with van der Waals surface area (Å²) in [5.74, 6) is 0. The van der Waals surface area contributed by atoms with Gasteiger partial charge in [-0.15, -0.1) is 0 Å². The second-order valence-electron chi connectivity index (χ2n) is 12.7. The zero-order valence-corrected chi connectivity index (χ0v) is 26.6.